The molecule has 3 atom stereocenters. The maximum absolute atomic E-state index is 4.94. The molecule has 2 bridgehead atoms. The van der Waals surface area contributed by atoms with Crippen LogP contribution in [0.25, 0.3) is 0 Å². The quantitative estimate of drug-likeness (QED) is 0.309. The smallest absolute Gasteiger partial charge is 0.0281 e. The summed E-state index contributed by atoms with van der Waals surface area (Å²) in [6.07, 6.45) is 23.5. The molecule has 1 saturated carbocycles. The molecule has 0 nitrogen and oxygen atoms in total. The van der Waals surface area contributed by atoms with E-state index < -0.39 is 0 Å². The average Bonchev–Trinajstić information content (AvgIpc) is 3.30. The van der Waals surface area contributed by atoms with Crippen LogP contribution in [0.1, 0.15) is 64.7 Å². The van der Waals surface area contributed by atoms with E-state index in [1.807, 2.05) is 6.08 Å². The van der Waals surface area contributed by atoms with Gasteiger partial charge in [0.25, 0.3) is 0 Å². The first kappa shape index (κ1) is 22.3. The SMILES string of the molecule is C#CC#CC#CC#CC#CC1CC2C=CC1C2.C=CCCCCCCCC. The molecule has 27 heavy (non-hydrogen) atoms. The summed E-state index contributed by atoms with van der Waals surface area (Å²) in [5.74, 6) is 25.5. The van der Waals surface area contributed by atoms with E-state index in [1.165, 1.54) is 57.8 Å². The van der Waals surface area contributed by atoms with Crippen LogP contribution in [-0.4, -0.2) is 0 Å². The molecule has 2 aliphatic rings. The predicted octanol–water partition coefficient (Wildman–Crippen LogP) is 5.77. The standard InChI is InChI=1S/C17H10.C10H20/c1-2-3-4-5-6-7-8-9-10-16-13-15-11-12-17(16)14-15;1-3-5-7-9-10-8-6-4-2/h1,11-12,15-17H,13-14H2;3H,1,4-10H2,2H3. The lowest BCUT2D eigenvalue weighted by molar-refractivity contribution is 0.569. The second-order valence-electron chi connectivity index (χ2n) is 6.90. The maximum Gasteiger partial charge on any atom is 0.0281 e. The molecular weight excluding hydrogens is 324 g/mol. The van der Waals surface area contributed by atoms with Gasteiger partial charge in [-0.3, -0.25) is 0 Å². The molecule has 0 aliphatic heterocycles. The zero-order valence-corrected chi connectivity index (χ0v) is 16.6. The lowest BCUT2D eigenvalue weighted by Gasteiger charge is -2.09. The largest absolute Gasteiger partial charge is 0.106 e. The Bertz CT molecular complexity index is 755. The fourth-order valence-electron chi connectivity index (χ4n) is 3.34. The molecule has 138 valence electrons. The van der Waals surface area contributed by atoms with Crippen LogP contribution in [0.15, 0.2) is 24.8 Å². The van der Waals surface area contributed by atoms with Gasteiger partial charge in [0.2, 0.25) is 0 Å². The monoisotopic (exact) mass is 354 g/mol. The van der Waals surface area contributed by atoms with Crippen LogP contribution in [0.4, 0.5) is 0 Å². The Morgan fingerprint density at radius 3 is 2.15 bits per heavy atom. The van der Waals surface area contributed by atoms with E-state index >= 15 is 0 Å². The molecule has 1 fully saturated rings. The zero-order chi connectivity index (χ0) is 19.6. The average molecular weight is 355 g/mol. The molecule has 0 spiro atoms. The van der Waals surface area contributed by atoms with Gasteiger partial charge in [-0.15, -0.1) is 13.0 Å². The Labute approximate surface area is 167 Å². The Hall–Kier alpha value is -2.72. The molecule has 0 amide bonds. The van der Waals surface area contributed by atoms with Crippen molar-refractivity contribution in [3.05, 3.63) is 24.8 Å². The van der Waals surface area contributed by atoms with Crippen LogP contribution in [0.5, 0.6) is 0 Å². The second kappa shape index (κ2) is 15.5. The summed E-state index contributed by atoms with van der Waals surface area (Å²) in [4.78, 5) is 0. The highest BCUT2D eigenvalue weighted by molar-refractivity contribution is 5.42. The van der Waals surface area contributed by atoms with Gasteiger partial charge in [0.05, 0.1) is 0 Å². The molecule has 0 heterocycles. The number of rotatable bonds is 7. The van der Waals surface area contributed by atoms with Crippen molar-refractivity contribution in [2.75, 3.05) is 0 Å². The molecule has 2 rings (SSSR count). The molecule has 0 aromatic carbocycles. The maximum atomic E-state index is 4.94. The number of hydrogen-bond donors (Lipinski definition) is 0. The number of allylic oxidation sites excluding steroid dienone is 3. The Morgan fingerprint density at radius 2 is 1.56 bits per heavy atom. The first-order valence-electron chi connectivity index (χ1n) is 10.1. The fourth-order valence-corrected chi connectivity index (χ4v) is 3.34. The van der Waals surface area contributed by atoms with E-state index in [-0.39, 0.29) is 0 Å². The third-order valence-electron chi connectivity index (χ3n) is 4.75. The van der Waals surface area contributed by atoms with Gasteiger partial charge >= 0.3 is 0 Å². The van der Waals surface area contributed by atoms with Crippen molar-refractivity contribution in [2.24, 2.45) is 17.8 Å². The lowest BCUT2D eigenvalue weighted by Crippen LogP contribution is -2.03. The molecule has 0 radical (unpaired) electrons. The Balaban J connectivity index is 0.000000314. The van der Waals surface area contributed by atoms with Crippen molar-refractivity contribution >= 4 is 0 Å². The second-order valence-corrected chi connectivity index (χ2v) is 6.90. The van der Waals surface area contributed by atoms with Gasteiger partial charge in [-0.05, 0) is 84.9 Å². The minimum absolute atomic E-state index is 0.494. The summed E-state index contributed by atoms with van der Waals surface area (Å²) in [5.41, 5.74) is 0. The first-order valence-corrected chi connectivity index (χ1v) is 10.1. The van der Waals surface area contributed by atoms with Gasteiger partial charge in [-0.25, -0.2) is 0 Å². The minimum Gasteiger partial charge on any atom is -0.106 e. The molecule has 2 aliphatic carbocycles. The van der Waals surface area contributed by atoms with E-state index in [0.717, 1.165) is 5.92 Å². The van der Waals surface area contributed by atoms with Crippen molar-refractivity contribution in [3.63, 3.8) is 0 Å². The molecule has 0 N–H and O–H groups in total. The van der Waals surface area contributed by atoms with Gasteiger partial charge in [-0.2, -0.15) is 0 Å². The van der Waals surface area contributed by atoms with Gasteiger partial charge in [0.15, 0.2) is 0 Å². The zero-order valence-electron chi connectivity index (χ0n) is 16.6. The summed E-state index contributed by atoms with van der Waals surface area (Å²) in [7, 11) is 0. The van der Waals surface area contributed by atoms with Crippen molar-refractivity contribution in [2.45, 2.75) is 64.7 Å². The summed E-state index contributed by atoms with van der Waals surface area (Å²) in [6.45, 7) is 5.95. The fraction of sp³-hybridized carbons (Fsp3) is 0.481. The summed E-state index contributed by atoms with van der Waals surface area (Å²) >= 11 is 0. The summed E-state index contributed by atoms with van der Waals surface area (Å²) in [6, 6.07) is 0. The Kier molecular flexibility index (Phi) is 12.8. The van der Waals surface area contributed by atoms with E-state index in [9.17, 15) is 0 Å². The highest BCUT2D eigenvalue weighted by Crippen LogP contribution is 2.42. The molecule has 0 aromatic heterocycles. The highest BCUT2D eigenvalue weighted by Gasteiger charge is 2.34. The van der Waals surface area contributed by atoms with Crippen molar-refractivity contribution < 1.29 is 0 Å². The van der Waals surface area contributed by atoms with Crippen LogP contribution >= 0.6 is 0 Å². The number of hydrogen-bond acceptors (Lipinski definition) is 0. The number of fused-ring (bicyclic) bond motifs is 2. The van der Waals surface area contributed by atoms with Crippen LogP contribution in [-0.2, 0) is 0 Å². The third kappa shape index (κ3) is 10.8. The minimum atomic E-state index is 0.494. The third-order valence-corrected chi connectivity index (χ3v) is 4.75. The van der Waals surface area contributed by atoms with Crippen LogP contribution in [0.2, 0.25) is 0 Å². The predicted molar refractivity (Wildman–Crippen MR) is 117 cm³/mol. The van der Waals surface area contributed by atoms with Crippen LogP contribution in [0, 0.1) is 77.5 Å². The number of terminal acetylenes is 1. The molecule has 3 unspecified atom stereocenters. The normalized spacial score (nSPS) is 19.9. The summed E-state index contributed by atoms with van der Waals surface area (Å²) in [5, 5.41) is 0. The molecule has 0 heteroatoms. The first-order chi connectivity index (χ1) is 13.3. The van der Waals surface area contributed by atoms with Crippen LogP contribution in [0.3, 0.4) is 0 Å². The number of unbranched alkanes of at least 4 members (excludes halogenated alkanes) is 6. The Morgan fingerprint density at radius 1 is 0.889 bits per heavy atom. The van der Waals surface area contributed by atoms with Crippen molar-refractivity contribution in [1.82, 2.24) is 0 Å². The van der Waals surface area contributed by atoms with Crippen LogP contribution < -0.4 is 0 Å². The van der Waals surface area contributed by atoms with E-state index in [2.05, 4.69) is 78.9 Å². The summed E-state index contributed by atoms with van der Waals surface area (Å²) < 4.78 is 0. The van der Waals surface area contributed by atoms with Gasteiger partial charge < -0.3 is 0 Å². The molecule has 0 saturated heterocycles. The highest BCUT2D eigenvalue weighted by atomic mass is 14.4. The topological polar surface area (TPSA) is 0 Å². The molecular formula is C27H30. The van der Waals surface area contributed by atoms with E-state index in [4.69, 9.17) is 6.42 Å². The van der Waals surface area contributed by atoms with Crippen molar-refractivity contribution in [1.29, 1.82) is 0 Å². The van der Waals surface area contributed by atoms with Crippen molar-refractivity contribution in [3.8, 4) is 59.7 Å². The van der Waals surface area contributed by atoms with E-state index in [1.54, 1.807) is 0 Å². The van der Waals surface area contributed by atoms with Gasteiger partial charge in [-0.1, -0.05) is 63.2 Å². The molecule has 0 aromatic rings. The van der Waals surface area contributed by atoms with Gasteiger partial charge in [0, 0.05) is 5.92 Å². The lowest BCUT2D eigenvalue weighted by atomic mass is 9.94. The van der Waals surface area contributed by atoms with Gasteiger partial charge in [0.1, 0.15) is 0 Å². The van der Waals surface area contributed by atoms with E-state index in [0.29, 0.717) is 11.8 Å².